The number of rotatable bonds is 2. The summed E-state index contributed by atoms with van der Waals surface area (Å²) in [6, 6.07) is 10.1. The lowest BCUT2D eigenvalue weighted by atomic mass is 10.1. The van der Waals surface area contributed by atoms with E-state index >= 15 is 0 Å². The molecule has 0 aliphatic carbocycles. The Morgan fingerprint density at radius 3 is 2.61 bits per heavy atom. The van der Waals surface area contributed by atoms with Crippen molar-refractivity contribution < 1.29 is 19.1 Å². The van der Waals surface area contributed by atoms with Gasteiger partial charge in [-0.3, -0.25) is 4.79 Å². The summed E-state index contributed by atoms with van der Waals surface area (Å²) in [5, 5.41) is 8.22. The zero-order chi connectivity index (χ0) is 15.8. The van der Waals surface area contributed by atoms with Gasteiger partial charge in [-0.25, -0.2) is 4.79 Å². The average molecular weight is 311 g/mol. The Bertz CT molecular complexity index is 819. The quantitative estimate of drug-likeness (QED) is 0.795. The van der Waals surface area contributed by atoms with E-state index < -0.39 is 0 Å². The first kappa shape index (κ1) is 13.4. The second-order valence-electron chi connectivity index (χ2n) is 5.24. The van der Waals surface area contributed by atoms with Crippen molar-refractivity contribution in [2.75, 3.05) is 22.7 Å². The summed E-state index contributed by atoms with van der Waals surface area (Å²) < 4.78 is 10.5. The maximum absolute atomic E-state index is 12.1. The molecule has 0 fully saturated rings. The Hall–Kier alpha value is -3.22. The van der Waals surface area contributed by atoms with Gasteiger partial charge >= 0.3 is 6.03 Å². The van der Waals surface area contributed by atoms with E-state index in [0.29, 0.717) is 29.3 Å². The standard InChI is InChI=1S/C16H13N3O4/c20-15-6-9-5-10(1-3-12(9)19-15)17-16(21)18-11-2-4-13-14(7-11)23-8-22-13/h1-5,7H,6,8H2,(H,19,20)(H2,17,18,21). The molecule has 2 aliphatic heterocycles. The van der Waals surface area contributed by atoms with E-state index in [-0.39, 0.29) is 18.7 Å². The second kappa shape index (κ2) is 5.20. The van der Waals surface area contributed by atoms with E-state index in [0.717, 1.165) is 11.3 Å². The highest BCUT2D eigenvalue weighted by Crippen LogP contribution is 2.34. The van der Waals surface area contributed by atoms with E-state index in [1.54, 1.807) is 36.4 Å². The molecule has 2 aromatic carbocycles. The number of carbonyl (C=O) groups excluding carboxylic acids is 2. The van der Waals surface area contributed by atoms with Crippen LogP contribution in [0.1, 0.15) is 5.56 Å². The summed E-state index contributed by atoms with van der Waals surface area (Å²) in [5.74, 6) is 1.22. The summed E-state index contributed by atoms with van der Waals surface area (Å²) in [5.41, 5.74) is 2.89. The molecule has 3 amide bonds. The molecule has 2 aromatic rings. The maximum atomic E-state index is 12.1. The van der Waals surface area contributed by atoms with Crippen molar-refractivity contribution in [3.05, 3.63) is 42.0 Å². The molecule has 0 atom stereocenters. The van der Waals surface area contributed by atoms with Crippen LogP contribution < -0.4 is 25.4 Å². The van der Waals surface area contributed by atoms with Crippen molar-refractivity contribution in [1.82, 2.24) is 0 Å². The molecule has 23 heavy (non-hydrogen) atoms. The smallest absolute Gasteiger partial charge is 0.323 e. The first-order valence-corrected chi connectivity index (χ1v) is 7.08. The SMILES string of the molecule is O=C1Cc2cc(NC(=O)Nc3ccc4c(c3)OCO4)ccc2N1. The van der Waals surface area contributed by atoms with Crippen LogP contribution in [-0.2, 0) is 11.2 Å². The molecule has 2 aliphatic rings. The zero-order valence-corrected chi connectivity index (χ0v) is 12.0. The van der Waals surface area contributed by atoms with Crippen LogP contribution in [-0.4, -0.2) is 18.7 Å². The zero-order valence-electron chi connectivity index (χ0n) is 12.0. The van der Waals surface area contributed by atoms with Crippen molar-refractivity contribution in [3.8, 4) is 11.5 Å². The average Bonchev–Trinajstić information content (AvgIpc) is 3.11. The number of ether oxygens (including phenoxy) is 2. The van der Waals surface area contributed by atoms with Crippen molar-refractivity contribution in [3.63, 3.8) is 0 Å². The van der Waals surface area contributed by atoms with Crippen LogP contribution in [0, 0.1) is 0 Å². The molecule has 2 heterocycles. The predicted octanol–water partition coefficient (Wildman–Crippen LogP) is 2.55. The number of urea groups is 1. The van der Waals surface area contributed by atoms with Crippen molar-refractivity contribution in [1.29, 1.82) is 0 Å². The Balaban J connectivity index is 1.44. The van der Waals surface area contributed by atoms with Gasteiger partial charge in [-0.1, -0.05) is 0 Å². The molecule has 0 spiro atoms. The van der Waals surface area contributed by atoms with Gasteiger partial charge in [0.1, 0.15) is 0 Å². The van der Waals surface area contributed by atoms with Crippen molar-refractivity contribution in [2.24, 2.45) is 0 Å². The monoisotopic (exact) mass is 311 g/mol. The lowest BCUT2D eigenvalue weighted by molar-refractivity contribution is -0.115. The van der Waals surface area contributed by atoms with Crippen LogP contribution in [0.25, 0.3) is 0 Å². The summed E-state index contributed by atoms with van der Waals surface area (Å²) in [6.45, 7) is 0.187. The molecule has 0 unspecified atom stereocenters. The van der Waals surface area contributed by atoms with Gasteiger partial charge in [-0.05, 0) is 35.9 Å². The van der Waals surface area contributed by atoms with E-state index in [4.69, 9.17) is 9.47 Å². The minimum atomic E-state index is -0.374. The number of amides is 3. The van der Waals surface area contributed by atoms with Crippen LogP contribution in [0.4, 0.5) is 21.9 Å². The Kier molecular flexibility index (Phi) is 3.04. The summed E-state index contributed by atoms with van der Waals surface area (Å²) >= 11 is 0. The van der Waals surface area contributed by atoms with Gasteiger partial charge in [-0.2, -0.15) is 0 Å². The van der Waals surface area contributed by atoms with E-state index in [1.807, 2.05) is 0 Å². The van der Waals surface area contributed by atoms with E-state index in [2.05, 4.69) is 16.0 Å². The molecule has 7 heteroatoms. The molecule has 0 aromatic heterocycles. The number of hydrogen-bond acceptors (Lipinski definition) is 4. The predicted molar refractivity (Wildman–Crippen MR) is 84.0 cm³/mol. The molecule has 0 bridgehead atoms. The third-order valence-electron chi connectivity index (χ3n) is 3.62. The number of benzene rings is 2. The van der Waals surface area contributed by atoms with Gasteiger partial charge < -0.3 is 25.4 Å². The van der Waals surface area contributed by atoms with Crippen molar-refractivity contribution >= 4 is 29.0 Å². The number of anilines is 3. The molecule has 7 nitrogen and oxygen atoms in total. The van der Waals surface area contributed by atoms with Gasteiger partial charge in [0.15, 0.2) is 11.5 Å². The van der Waals surface area contributed by atoms with Crippen molar-refractivity contribution in [2.45, 2.75) is 6.42 Å². The molecular weight excluding hydrogens is 298 g/mol. The Morgan fingerprint density at radius 1 is 1.00 bits per heavy atom. The highest BCUT2D eigenvalue weighted by Gasteiger charge is 2.18. The fraction of sp³-hybridized carbons (Fsp3) is 0.125. The lowest BCUT2D eigenvalue weighted by Gasteiger charge is -2.09. The molecule has 116 valence electrons. The fourth-order valence-corrected chi connectivity index (χ4v) is 2.57. The Labute approximate surface area is 131 Å². The lowest BCUT2D eigenvalue weighted by Crippen LogP contribution is -2.19. The third kappa shape index (κ3) is 2.64. The van der Waals surface area contributed by atoms with Crippen LogP contribution in [0.2, 0.25) is 0 Å². The summed E-state index contributed by atoms with van der Waals surface area (Å²) in [4.78, 5) is 23.4. The number of carbonyl (C=O) groups is 2. The highest BCUT2D eigenvalue weighted by molar-refractivity contribution is 6.02. The minimum Gasteiger partial charge on any atom is -0.454 e. The largest absolute Gasteiger partial charge is 0.454 e. The minimum absolute atomic E-state index is 0.0399. The molecule has 0 saturated carbocycles. The van der Waals surface area contributed by atoms with E-state index in [9.17, 15) is 9.59 Å². The molecule has 4 rings (SSSR count). The van der Waals surface area contributed by atoms with Crippen LogP contribution in [0.5, 0.6) is 11.5 Å². The third-order valence-corrected chi connectivity index (χ3v) is 3.62. The molecule has 0 radical (unpaired) electrons. The molecular formula is C16H13N3O4. The maximum Gasteiger partial charge on any atom is 0.323 e. The normalized spacial score (nSPS) is 14.2. The molecule has 3 N–H and O–H groups in total. The highest BCUT2D eigenvalue weighted by atomic mass is 16.7. The number of hydrogen-bond donors (Lipinski definition) is 3. The topological polar surface area (TPSA) is 88.7 Å². The number of fused-ring (bicyclic) bond motifs is 2. The first-order valence-electron chi connectivity index (χ1n) is 7.08. The first-order chi connectivity index (χ1) is 11.2. The van der Waals surface area contributed by atoms with Gasteiger partial charge in [0.2, 0.25) is 12.7 Å². The van der Waals surface area contributed by atoms with Gasteiger partial charge in [0.05, 0.1) is 6.42 Å². The van der Waals surface area contributed by atoms with Gasteiger partial charge in [-0.15, -0.1) is 0 Å². The van der Waals surface area contributed by atoms with Crippen LogP contribution in [0.3, 0.4) is 0 Å². The van der Waals surface area contributed by atoms with Crippen LogP contribution in [0.15, 0.2) is 36.4 Å². The second-order valence-corrected chi connectivity index (χ2v) is 5.24. The molecule has 0 saturated heterocycles. The summed E-state index contributed by atoms with van der Waals surface area (Å²) in [7, 11) is 0. The Morgan fingerprint density at radius 2 is 1.74 bits per heavy atom. The fourth-order valence-electron chi connectivity index (χ4n) is 2.57. The van der Waals surface area contributed by atoms with E-state index in [1.165, 1.54) is 0 Å². The number of nitrogens with one attached hydrogen (secondary N) is 3. The van der Waals surface area contributed by atoms with Gasteiger partial charge in [0.25, 0.3) is 0 Å². The summed E-state index contributed by atoms with van der Waals surface area (Å²) in [6.07, 6.45) is 0.328. The van der Waals surface area contributed by atoms with Gasteiger partial charge in [0, 0.05) is 23.1 Å². The van der Waals surface area contributed by atoms with Crippen LogP contribution >= 0.6 is 0 Å².